The zero-order valence-corrected chi connectivity index (χ0v) is 24.1. The molecule has 39 heavy (non-hydrogen) atoms. The van der Waals surface area contributed by atoms with Gasteiger partial charge in [-0.15, -0.1) is 0 Å². The van der Waals surface area contributed by atoms with Gasteiger partial charge in [0.15, 0.2) is 0 Å². The van der Waals surface area contributed by atoms with E-state index in [4.69, 9.17) is 0 Å². The van der Waals surface area contributed by atoms with Crippen LogP contribution in [0, 0.1) is 11.3 Å². The molecule has 5 unspecified atom stereocenters. The molecule has 2 aromatic rings. The van der Waals surface area contributed by atoms with Gasteiger partial charge in [0, 0.05) is 30.7 Å². The van der Waals surface area contributed by atoms with Crippen molar-refractivity contribution in [3.8, 4) is 0 Å². The van der Waals surface area contributed by atoms with E-state index in [0.717, 1.165) is 17.2 Å². The summed E-state index contributed by atoms with van der Waals surface area (Å²) in [6, 6.07) is 6.48. The van der Waals surface area contributed by atoms with Gasteiger partial charge in [0.25, 0.3) is 0 Å². The summed E-state index contributed by atoms with van der Waals surface area (Å²) in [5, 5.41) is 9.49. The quantitative estimate of drug-likeness (QED) is 0.463. The Morgan fingerprint density at radius 1 is 1.13 bits per heavy atom. The molecule has 3 N–H and O–H groups in total. The standard InChI is InChI=1S/C27H38N6O5S/c1-16(28-5)24(34)31-23(27(2,3)4)26(36)32-14-12-21-22(32)18(15-33(21)39(6,37)38)25(35)30-20-11-7-10-19-17(20)9-8-13-29-19/h7-11,13,16,18,21-23,28H,12,14-15H2,1-6H3,(H,30,35)(H,31,34). The molecule has 1 aromatic carbocycles. The number of likely N-dealkylation sites (tertiary alicyclic amines) is 1. The zero-order valence-electron chi connectivity index (χ0n) is 23.3. The Balaban J connectivity index is 1.66. The monoisotopic (exact) mass is 558 g/mol. The van der Waals surface area contributed by atoms with Gasteiger partial charge >= 0.3 is 0 Å². The van der Waals surface area contributed by atoms with E-state index in [1.54, 1.807) is 43.3 Å². The third-order valence-corrected chi connectivity index (χ3v) is 9.03. The summed E-state index contributed by atoms with van der Waals surface area (Å²) in [5.41, 5.74) is 0.660. The molecule has 4 rings (SSSR count). The minimum Gasteiger partial charge on any atom is -0.342 e. The van der Waals surface area contributed by atoms with Crippen LogP contribution in [0.1, 0.15) is 34.1 Å². The number of nitrogens with one attached hydrogen (secondary N) is 3. The SMILES string of the molecule is CNC(C)C(=O)NC(C(=O)N1CCC2C1C(C(=O)Nc1cccc3ncccc13)CN2S(C)(=O)=O)C(C)(C)C. The molecule has 11 nitrogen and oxygen atoms in total. The summed E-state index contributed by atoms with van der Waals surface area (Å²) in [6.45, 7) is 7.55. The maximum Gasteiger partial charge on any atom is 0.246 e. The van der Waals surface area contributed by atoms with E-state index in [1.807, 2.05) is 32.9 Å². The number of hydrogen-bond donors (Lipinski definition) is 3. The average molecular weight is 559 g/mol. The normalized spacial score (nSPS) is 23.3. The lowest BCUT2D eigenvalue weighted by Gasteiger charge is -2.37. The first-order valence-corrected chi connectivity index (χ1v) is 15.0. The smallest absolute Gasteiger partial charge is 0.246 e. The molecule has 2 aliphatic rings. The molecule has 0 bridgehead atoms. The lowest BCUT2D eigenvalue weighted by molar-refractivity contribution is -0.141. The van der Waals surface area contributed by atoms with Gasteiger partial charge in [0.2, 0.25) is 27.7 Å². The molecule has 2 aliphatic heterocycles. The average Bonchev–Trinajstić information content (AvgIpc) is 3.46. The van der Waals surface area contributed by atoms with Crippen LogP contribution < -0.4 is 16.0 Å². The number of benzene rings is 1. The maximum absolute atomic E-state index is 14.0. The predicted molar refractivity (Wildman–Crippen MR) is 149 cm³/mol. The second-order valence-corrected chi connectivity index (χ2v) is 13.4. The van der Waals surface area contributed by atoms with Crippen molar-refractivity contribution in [2.24, 2.45) is 11.3 Å². The summed E-state index contributed by atoms with van der Waals surface area (Å²) in [4.78, 5) is 46.4. The number of anilines is 1. The number of amides is 3. The molecule has 1 aromatic heterocycles. The molecule has 0 radical (unpaired) electrons. The van der Waals surface area contributed by atoms with Crippen molar-refractivity contribution in [1.29, 1.82) is 0 Å². The molecule has 5 atom stereocenters. The van der Waals surface area contributed by atoms with E-state index in [-0.39, 0.29) is 30.8 Å². The van der Waals surface area contributed by atoms with Crippen LogP contribution in [0.15, 0.2) is 36.5 Å². The molecule has 3 amide bonds. The van der Waals surface area contributed by atoms with Crippen molar-refractivity contribution in [3.05, 3.63) is 36.5 Å². The second-order valence-electron chi connectivity index (χ2n) is 11.5. The number of nitrogens with zero attached hydrogens (tertiary/aromatic N) is 3. The number of pyridine rings is 1. The van der Waals surface area contributed by atoms with Crippen LogP contribution in [0.25, 0.3) is 10.9 Å². The fourth-order valence-corrected chi connectivity index (χ4v) is 6.72. The Morgan fingerprint density at radius 3 is 2.49 bits per heavy atom. The van der Waals surface area contributed by atoms with E-state index in [2.05, 4.69) is 20.9 Å². The fraction of sp³-hybridized carbons (Fsp3) is 0.556. The number of fused-ring (bicyclic) bond motifs is 2. The second kappa shape index (κ2) is 10.8. The Bertz CT molecular complexity index is 1370. The summed E-state index contributed by atoms with van der Waals surface area (Å²) in [7, 11) is -1.97. The molecule has 0 spiro atoms. The molecule has 2 saturated heterocycles. The maximum atomic E-state index is 14.0. The Hall–Kier alpha value is -3.09. The van der Waals surface area contributed by atoms with Crippen LogP contribution in [-0.2, 0) is 24.4 Å². The van der Waals surface area contributed by atoms with E-state index in [9.17, 15) is 22.8 Å². The van der Waals surface area contributed by atoms with Crippen LogP contribution in [-0.4, -0.2) is 90.9 Å². The molecular weight excluding hydrogens is 520 g/mol. The summed E-state index contributed by atoms with van der Waals surface area (Å²) in [6.07, 6.45) is 3.20. The van der Waals surface area contributed by atoms with Gasteiger partial charge in [-0.25, -0.2) is 8.42 Å². The van der Waals surface area contributed by atoms with Crippen LogP contribution in [0.3, 0.4) is 0 Å². The Kier molecular flexibility index (Phi) is 8.02. The third kappa shape index (κ3) is 5.78. The molecule has 12 heteroatoms. The van der Waals surface area contributed by atoms with Gasteiger partial charge in [-0.3, -0.25) is 19.4 Å². The highest BCUT2D eigenvalue weighted by Gasteiger charge is 2.56. The summed E-state index contributed by atoms with van der Waals surface area (Å²) >= 11 is 0. The predicted octanol–water partition coefficient (Wildman–Crippen LogP) is 1.17. The molecule has 2 fully saturated rings. The Labute approximate surface area is 229 Å². The number of aromatic nitrogens is 1. The van der Waals surface area contributed by atoms with Crippen LogP contribution in [0.4, 0.5) is 5.69 Å². The Morgan fingerprint density at radius 2 is 1.85 bits per heavy atom. The van der Waals surface area contributed by atoms with E-state index in [1.165, 1.54) is 4.31 Å². The minimum absolute atomic E-state index is 0.0316. The van der Waals surface area contributed by atoms with Crippen molar-refractivity contribution in [3.63, 3.8) is 0 Å². The first-order chi connectivity index (χ1) is 18.2. The zero-order chi connectivity index (χ0) is 28.7. The first-order valence-electron chi connectivity index (χ1n) is 13.1. The molecular formula is C27H38N6O5S. The highest BCUT2D eigenvalue weighted by Crippen LogP contribution is 2.39. The van der Waals surface area contributed by atoms with Crippen LogP contribution in [0.5, 0.6) is 0 Å². The number of sulfonamides is 1. The number of likely N-dealkylation sites (N-methyl/N-ethyl adjacent to an activating group) is 1. The van der Waals surface area contributed by atoms with Crippen LogP contribution in [0.2, 0.25) is 0 Å². The topological polar surface area (TPSA) is 141 Å². The molecule has 212 valence electrons. The highest BCUT2D eigenvalue weighted by atomic mass is 32.2. The van der Waals surface area contributed by atoms with Crippen molar-refractivity contribution >= 4 is 44.3 Å². The summed E-state index contributed by atoms with van der Waals surface area (Å²) < 4.78 is 26.8. The van der Waals surface area contributed by atoms with E-state index in [0.29, 0.717) is 12.1 Å². The van der Waals surface area contributed by atoms with E-state index >= 15 is 0 Å². The van der Waals surface area contributed by atoms with Crippen LogP contribution >= 0.6 is 0 Å². The number of carbonyl (C=O) groups excluding carboxylic acids is 3. The van der Waals surface area contributed by atoms with Gasteiger partial charge < -0.3 is 20.9 Å². The fourth-order valence-electron chi connectivity index (χ4n) is 5.56. The molecule has 0 saturated carbocycles. The van der Waals surface area contributed by atoms with Gasteiger partial charge in [0.05, 0.1) is 35.5 Å². The van der Waals surface area contributed by atoms with E-state index < -0.39 is 45.5 Å². The van der Waals surface area contributed by atoms with Gasteiger partial charge in [0.1, 0.15) is 6.04 Å². The first kappa shape index (κ1) is 28.9. The number of hydrogen-bond acceptors (Lipinski definition) is 7. The summed E-state index contributed by atoms with van der Waals surface area (Å²) in [5.74, 6) is -1.80. The van der Waals surface area contributed by atoms with Gasteiger partial charge in [-0.2, -0.15) is 4.31 Å². The number of rotatable bonds is 7. The van der Waals surface area contributed by atoms with Crippen molar-refractivity contribution in [2.75, 3.05) is 31.7 Å². The largest absolute Gasteiger partial charge is 0.342 e. The lowest BCUT2D eigenvalue weighted by atomic mass is 9.85. The number of carbonyl (C=O) groups is 3. The lowest BCUT2D eigenvalue weighted by Crippen LogP contribution is -2.59. The third-order valence-electron chi connectivity index (χ3n) is 7.75. The molecule has 0 aliphatic carbocycles. The van der Waals surface area contributed by atoms with Crippen molar-refractivity contribution < 1.29 is 22.8 Å². The minimum atomic E-state index is -3.63. The van der Waals surface area contributed by atoms with Gasteiger partial charge in [-0.1, -0.05) is 26.8 Å². The van der Waals surface area contributed by atoms with Crippen molar-refractivity contribution in [2.45, 2.75) is 58.3 Å². The molecule has 3 heterocycles. The van der Waals surface area contributed by atoms with Crippen molar-refractivity contribution in [1.82, 2.24) is 24.8 Å². The highest BCUT2D eigenvalue weighted by molar-refractivity contribution is 7.88. The van der Waals surface area contributed by atoms with Gasteiger partial charge in [-0.05, 0) is 50.1 Å².